The lowest BCUT2D eigenvalue weighted by atomic mass is 10.1. The van der Waals surface area contributed by atoms with Crippen LogP contribution in [0.2, 0.25) is 0 Å². The largest absolute Gasteiger partial charge is 0.350 e. The fourth-order valence-electron chi connectivity index (χ4n) is 2.68. The lowest BCUT2D eigenvalue weighted by Gasteiger charge is -2.27. The first kappa shape index (κ1) is 10.8. The minimum atomic E-state index is 1.07. The maximum Gasteiger partial charge on any atom is 0.0523 e. The number of rotatable bonds is 2. The first-order valence-corrected chi connectivity index (χ1v) is 6.30. The van der Waals surface area contributed by atoms with Crippen LogP contribution in [0.5, 0.6) is 0 Å². The molecule has 0 spiro atoms. The molecule has 1 fully saturated rings. The molecule has 0 bridgehead atoms. The van der Waals surface area contributed by atoms with Gasteiger partial charge >= 0.3 is 0 Å². The number of hydrogen-bond acceptors (Lipinski definition) is 2. The van der Waals surface area contributed by atoms with Gasteiger partial charge in [0.05, 0.1) is 5.52 Å². The molecule has 2 heterocycles. The van der Waals surface area contributed by atoms with E-state index in [1.54, 1.807) is 0 Å². The summed E-state index contributed by atoms with van der Waals surface area (Å²) in [6.07, 6.45) is 2.14. The molecule has 17 heavy (non-hydrogen) atoms. The van der Waals surface area contributed by atoms with Crippen LogP contribution in [0.25, 0.3) is 10.9 Å². The number of fused-ring (bicyclic) bond motifs is 1. The van der Waals surface area contributed by atoms with Gasteiger partial charge in [-0.3, -0.25) is 4.90 Å². The lowest BCUT2D eigenvalue weighted by Crippen LogP contribution is -2.42. The summed E-state index contributed by atoms with van der Waals surface area (Å²) in [4.78, 5) is 2.53. The van der Waals surface area contributed by atoms with Crippen molar-refractivity contribution in [2.75, 3.05) is 26.2 Å². The molecule has 1 aromatic carbocycles. The van der Waals surface area contributed by atoms with Crippen molar-refractivity contribution in [1.29, 1.82) is 0 Å². The van der Waals surface area contributed by atoms with Crippen LogP contribution < -0.4 is 5.32 Å². The Labute approximate surface area is 102 Å². The Morgan fingerprint density at radius 1 is 1.18 bits per heavy atom. The van der Waals surface area contributed by atoms with E-state index in [9.17, 15) is 0 Å². The zero-order valence-electron chi connectivity index (χ0n) is 10.3. The Bertz CT molecular complexity index is 509. The molecule has 90 valence electrons. The fourth-order valence-corrected chi connectivity index (χ4v) is 2.68. The molecule has 1 aliphatic rings. The zero-order valence-corrected chi connectivity index (χ0v) is 10.3. The van der Waals surface area contributed by atoms with Crippen molar-refractivity contribution in [2.24, 2.45) is 7.05 Å². The maximum atomic E-state index is 3.40. The van der Waals surface area contributed by atoms with Crippen molar-refractivity contribution in [3.05, 3.63) is 36.0 Å². The molecule has 1 aliphatic heterocycles. The third kappa shape index (κ3) is 2.08. The van der Waals surface area contributed by atoms with Crippen LogP contribution in [0, 0.1) is 0 Å². The second kappa shape index (κ2) is 4.51. The molecule has 0 unspecified atom stereocenters. The SMILES string of the molecule is Cn1ccc2cccc(CN3CCNCC3)c21. The second-order valence-corrected chi connectivity index (χ2v) is 4.81. The van der Waals surface area contributed by atoms with E-state index in [0.717, 1.165) is 32.7 Å². The minimum absolute atomic E-state index is 1.07. The number of aromatic nitrogens is 1. The van der Waals surface area contributed by atoms with E-state index < -0.39 is 0 Å². The van der Waals surface area contributed by atoms with E-state index in [0.29, 0.717) is 0 Å². The molecule has 1 saturated heterocycles. The number of piperazine rings is 1. The van der Waals surface area contributed by atoms with Crippen molar-refractivity contribution >= 4 is 10.9 Å². The van der Waals surface area contributed by atoms with Gasteiger partial charge < -0.3 is 9.88 Å². The predicted octanol–water partition coefficient (Wildman–Crippen LogP) is 1.58. The van der Waals surface area contributed by atoms with E-state index in [1.165, 1.54) is 16.5 Å². The van der Waals surface area contributed by atoms with E-state index in [-0.39, 0.29) is 0 Å². The molecule has 0 amide bonds. The van der Waals surface area contributed by atoms with Crippen LogP contribution in [0.1, 0.15) is 5.56 Å². The number of nitrogens with zero attached hydrogens (tertiary/aromatic N) is 2. The smallest absolute Gasteiger partial charge is 0.0523 e. The highest BCUT2D eigenvalue weighted by atomic mass is 15.2. The Morgan fingerprint density at radius 2 is 2.00 bits per heavy atom. The molecule has 0 saturated carbocycles. The van der Waals surface area contributed by atoms with Crippen LogP contribution in [-0.2, 0) is 13.6 Å². The van der Waals surface area contributed by atoms with Crippen molar-refractivity contribution in [2.45, 2.75) is 6.54 Å². The molecule has 2 aromatic rings. The molecule has 3 heteroatoms. The maximum absolute atomic E-state index is 3.40. The quantitative estimate of drug-likeness (QED) is 0.844. The van der Waals surface area contributed by atoms with E-state index in [1.807, 2.05) is 0 Å². The highest BCUT2D eigenvalue weighted by Gasteiger charge is 2.12. The number of hydrogen-bond donors (Lipinski definition) is 1. The molecular weight excluding hydrogens is 210 g/mol. The van der Waals surface area contributed by atoms with Crippen LogP contribution in [0.15, 0.2) is 30.5 Å². The zero-order chi connectivity index (χ0) is 11.7. The van der Waals surface area contributed by atoms with Gasteiger partial charge in [0, 0.05) is 46.0 Å². The Morgan fingerprint density at radius 3 is 2.82 bits per heavy atom. The number of para-hydroxylation sites is 1. The van der Waals surface area contributed by atoms with Gasteiger partial charge in [-0.15, -0.1) is 0 Å². The Kier molecular flexibility index (Phi) is 2.87. The van der Waals surface area contributed by atoms with Crippen molar-refractivity contribution in [3.8, 4) is 0 Å². The summed E-state index contributed by atoms with van der Waals surface area (Å²) in [5, 5.41) is 4.74. The van der Waals surface area contributed by atoms with Gasteiger partial charge in [0.15, 0.2) is 0 Å². The lowest BCUT2D eigenvalue weighted by molar-refractivity contribution is 0.234. The van der Waals surface area contributed by atoms with E-state index >= 15 is 0 Å². The predicted molar refractivity (Wildman–Crippen MR) is 71.1 cm³/mol. The van der Waals surface area contributed by atoms with Gasteiger partial charge in [0.25, 0.3) is 0 Å². The topological polar surface area (TPSA) is 20.2 Å². The van der Waals surface area contributed by atoms with Crippen molar-refractivity contribution < 1.29 is 0 Å². The van der Waals surface area contributed by atoms with Gasteiger partial charge in [-0.2, -0.15) is 0 Å². The van der Waals surface area contributed by atoms with Gasteiger partial charge in [0.1, 0.15) is 0 Å². The normalized spacial score (nSPS) is 17.7. The summed E-state index contributed by atoms with van der Waals surface area (Å²) in [7, 11) is 2.13. The molecule has 3 rings (SSSR count). The third-order valence-electron chi connectivity index (χ3n) is 3.58. The van der Waals surface area contributed by atoms with E-state index in [2.05, 4.69) is 52.3 Å². The standard InChI is InChI=1S/C14H19N3/c1-16-8-5-12-3-2-4-13(14(12)16)11-17-9-6-15-7-10-17/h2-5,8,15H,6-7,9-11H2,1H3. The average molecular weight is 229 g/mol. The Balaban J connectivity index is 1.91. The van der Waals surface area contributed by atoms with Gasteiger partial charge in [-0.25, -0.2) is 0 Å². The summed E-state index contributed by atoms with van der Waals surface area (Å²) in [5.74, 6) is 0. The molecule has 0 aliphatic carbocycles. The summed E-state index contributed by atoms with van der Waals surface area (Å²) in [6.45, 7) is 5.60. The van der Waals surface area contributed by atoms with Crippen LogP contribution in [0.4, 0.5) is 0 Å². The summed E-state index contributed by atoms with van der Waals surface area (Å²) >= 11 is 0. The number of benzene rings is 1. The minimum Gasteiger partial charge on any atom is -0.350 e. The van der Waals surface area contributed by atoms with Crippen molar-refractivity contribution in [1.82, 2.24) is 14.8 Å². The first-order valence-electron chi connectivity index (χ1n) is 6.30. The third-order valence-corrected chi connectivity index (χ3v) is 3.58. The summed E-state index contributed by atoms with van der Waals surface area (Å²) in [5.41, 5.74) is 2.82. The molecule has 0 atom stereocenters. The van der Waals surface area contributed by atoms with Crippen LogP contribution >= 0.6 is 0 Å². The van der Waals surface area contributed by atoms with Gasteiger partial charge in [0.2, 0.25) is 0 Å². The Hall–Kier alpha value is -1.32. The average Bonchev–Trinajstić information content (AvgIpc) is 2.74. The van der Waals surface area contributed by atoms with Crippen LogP contribution in [0.3, 0.4) is 0 Å². The molecule has 3 nitrogen and oxygen atoms in total. The van der Waals surface area contributed by atoms with Gasteiger partial charge in [-0.1, -0.05) is 18.2 Å². The highest BCUT2D eigenvalue weighted by Crippen LogP contribution is 2.20. The second-order valence-electron chi connectivity index (χ2n) is 4.81. The summed E-state index contributed by atoms with van der Waals surface area (Å²) in [6, 6.07) is 8.80. The molecular formula is C14H19N3. The molecule has 1 aromatic heterocycles. The highest BCUT2D eigenvalue weighted by molar-refractivity contribution is 5.83. The summed E-state index contributed by atoms with van der Waals surface area (Å²) < 4.78 is 2.23. The van der Waals surface area contributed by atoms with Crippen LogP contribution in [-0.4, -0.2) is 35.6 Å². The first-order chi connectivity index (χ1) is 8.34. The molecule has 1 N–H and O–H groups in total. The van der Waals surface area contributed by atoms with Gasteiger partial charge in [-0.05, 0) is 17.0 Å². The van der Waals surface area contributed by atoms with E-state index in [4.69, 9.17) is 0 Å². The number of nitrogens with one attached hydrogen (secondary N) is 1. The van der Waals surface area contributed by atoms with Crippen molar-refractivity contribution in [3.63, 3.8) is 0 Å². The molecule has 0 radical (unpaired) electrons. The number of aryl methyl sites for hydroxylation is 1. The fraction of sp³-hybridized carbons (Fsp3) is 0.429. The monoisotopic (exact) mass is 229 g/mol.